The number of aromatic nitrogens is 3. The third kappa shape index (κ3) is 5.85. The minimum Gasteiger partial charge on any atom is -0.300 e. The van der Waals surface area contributed by atoms with E-state index >= 15 is 0 Å². The molecule has 0 amide bonds. The number of rotatable bonds is 11. The van der Waals surface area contributed by atoms with Crippen molar-refractivity contribution in [3.8, 4) is 5.69 Å². The number of carbonyl (C=O) groups is 1. The molecule has 4 rings (SSSR count). The molecule has 0 aliphatic heterocycles. The number of carbonyl (C=O) groups excluding carboxylic acids is 1. The van der Waals surface area contributed by atoms with Crippen LogP contribution in [0.1, 0.15) is 66.7 Å². The topological polar surface area (TPSA) is 54.3 Å². The molecule has 35 heavy (non-hydrogen) atoms. The fraction of sp³-hybridized carbons (Fsp3) is 0.444. The maximum Gasteiger partial charge on any atom is 0.196 e. The van der Waals surface area contributed by atoms with Crippen LogP contribution in [-0.2, 0) is 6.54 Å². The summed E-state index contributed by atoms with van der Waals surface area (Å²) in [6.45, 7) is 7.01. The Morgan fingerprint density at radius 1 is 1.14 bits per heavy atom. The molecule has 6 nitrogen and oxygen atoms in total. The molecule has 8 heteroatoms. The van der Waals surface area contributed by atoms with Gasteiger partial charge in [0.1, 0.15) is 0 Å². The zero-order valence-electron chi connectivity index (χ0n) is 20.8. The van der Waals surface area contributed by atoms with Crippen LogP contribution in [-0.4, -0.2) is 57.5 Å². The molecule has 0 bridgehead atoms. The van der Waals surface area contributed by atoms with Crippen molar-refractivity contribution in [1.82, 2.24) is 24.6 Å². The summed E-state index contributed by atoms with van der Waals surface area (Å²) in [7, 11) is 4.10. The highest BCUT2D eigenvalue weighted by atomic mass is 79.9. The Bertz CT molecular complexity index is 1190. The lowest BCUT2D eigenvalue weighted by Gasteiger charge is -2.25. The smallest absolute Gasteiger partial charge is 0.196 e. The third-order valence-corrected chi connectivity index (χ3v) is 7.48. The van der Waals surface area contributed by atoms with Gasteiger partial charge < -0.3 is 0 Å². The van der Waals surface area contributed by atoms with Crippen LogP contribution in [0.5, 0.6) is 0 Å². The lowest BCUT2D eigenvalue weighted by atomic mass is 10.0. The number of benzene rings is 2. The van der Waals surface area contributed by atoms with Crippen molar-refractivity contribution in [3.63, 3.8) is 0 Å². The Morgan fingerprint density at radius 3 is 2.51 bits per heavy atom. The lowest BCUT2D eigenvalue weighted by Crippen LogP contribution is -2.28. The van der Waals surface area contributed by atoms with Gasteiger partial charge in [-0.15, -0.1) is 10.2 Å². The summed E-state index contributed by atoms with van der Waals surface area (Å²) >= 11 is 10.0. The quantitative estimate of drug-likeness (QED) is 0.264. The zero-order valence-corrected chi connectivity index (χ0v) is 23.2. The van der Waals surface area contributed by atoms with Crippen LogP contribution >= 0.6 is 27.5 Å². The average Bonchev–Trinajstić information content (AvgIpc) is 3.57. The number of ketones is 1. The van der Waals surface area contributed by atoms with E-state index in [1.165, 1.54) is 12.8 Å². The van der Waals surface area contributed by atoms with Crippen LogP contribution in [0, 0.1) is 5.92 Å². The van der Waals surface area contributed by atoms with Gasteiger partial charge in [-0.25, -0.2) is 0 Å². The van der Waals surface area contributed by atoms with E-state index in [0.29, 0.717) is 22.7 Å². The minimum absolute atomic E-state index is 0.0528. The Hall–Kier alpha value is -2.06. The summed E-state index contributed by atoms with van der Waals surface area (Å²) in [5.74, 6) is 2.33. The summed E-state index contributed by atoms with van der Waals surface area (Å²) in [5.41, 5.74) is 1.82. The van der Waals surface area contributed by atoms with Crippen molar-refractivity contribution in [1.29, 1.82) is 0 Å². The summed E-state index contributed by atoms with van der Waals surface area (Å²) in [6.07, 6.45) is 3.47. The van der Waals surface area contributed by atoms with E-state index in [9.17, 15) is 4.79 Å². The molecule has 0 saturated heterocycles. The van der Waals surface area contributed by atoms with Crippen LogP contribution in [0.25, 0.3) is 5.69 Å². The summed E-state index contributed by atoms with van der Waals surface area (Å²) in [4.78, 5) is 18.3. The highest BCUT2D eigenvalue weighted by Crippen LogP contribution is 2.32. The molecule has 1 saturated carbocycles. The molecule has 0 N–H and O–H groups in total. The first-order valence-corrected chi connectivity index (χ1v) is 13.4. The second kappa shape index (κ2) is 11.3. The summed E-state index contributed by atoms with van der Waals surface area (Å²) in [6, 6.07) is 13.0. The van der Waals surface area contributed by atoms with Crippen molar-refractivity contribution in [2.24, 2.45) is 5.92 Å². The van der Waals surface area contributed by atoms with Crippen LogP contribution in [0.2, 0.25) is 5.02 Å². The summed E-state index contributed by atoms with van der Waals surface area (Å²) in [5, 5.41) is 9.79. The first-order chi connectivity index (χ1) is 16.8. The molecule has 1 aliphatic rings. The normalized spacial score (nSPS) is 14.6. The van der Waals surface area contributed by atoms with E-state index < -0.39 is 0 Å². The van der Waals surface area contributed by atoms with Gasteiger partial charge in [0.25, 0.3) is 0 Å². The van der Waals surface area contributed by atoms with Crippen LogP contribution < -0.4 is 0 Å². The standard InChI is InChI=1S/C27H33BrClN5O/c1-5-23(32(3)4)27-31-30-25(17-33(6-2)16-18-11-12-18)34(27)24-15-19(28)13-14-21(24)26(35)20-9-7-8-10-22(20)29/h7-10,13-15,18,23H,5-6,11-12,16-17H2,1-4H3. The third-order valence-electron chi connectivity index (χ3n) is 6.65. The molecule has 0 spiro atoms. The van der Waals surface area contributed by atoms with Gasteiger partial charge in [0.15, 0.2) is 17.4 Å². The van der Waals surface area contributed by atoms with Gasteiger partial charge in [-0.05, 0) is 76.2 Å². The highest BCUT2D eigenvalue weighted by Gasteiger charge is 2.29. The predicted molar refractivity (Wildman–Crippen MR) is 144 cm³/mol. The molecule has 186 valence electrons. The van der Waals surface area contributed by atoms with Gasteiger partial charge in [0.05, 0.1) is 23.3 Å². The van der Waals surface area contributed by atoms with Crippen molar-refractivity contribution < 1.29 is 4.79 Å². The molecule has 3 aromatic rings. The van der Waals surface area contributed by atoms with E-state index in [0.717, 1.165) is 47.2 Å². The monoisotopic (exact) mass is 557 g/mol. The number of hydrogen-bond donors (Lipinski definition) is 0. The van der Waals surface area contributed by atoms with Crippen molar-refractivity contribution >= 4 is 33.3 Å². The Balaban J connectivity index is 1.87. The Morgan fingerprint density at radius 2 is 1.89 bits per heavy atom. The van der Waals surface area contributed by atoms with Gasteiger partial charge >= 0.3 is 0 Å². The molecule has 1 fully saturated rings. The van der Waals surface area contributed by atoms with E-state index in [2.05, 4.69) is 68.4 Å². The first kappa shape index (κ1) is 26.0. The average molecular weight is 559 g/mol. The first-order valence-electron chi connectivity index (χ1n) is 12.3. The van der Waals surface area contributed by atoms with E-state index in [4.69, 9.17) is 11.6 Å². The largest absolute Gasteiger partial charge is 0.300 e. The van der Waals surface area contributed by atoms with Crippen LogP contribution in [0.15, 0.2) is 46.9 Å². The van der Waals surface area contributed by atoms with Crippen molar-refractivity contribution in [2.45, 2.75) is 45.7 Å². The molecule has 0 radical (unpaired) electrons. The SMILES string of the molecule is CCC(c1nnc(CN(CC)CC2CC2)n1-c1cc(Br)ccc1C(=O)c1ccccc1Cl)N(C)C. The maximum absolute atomic E-state index is 13.7. The second-order valence-electron chi connectivity index (χ2n) is 9.44. The van der Waals surface area contributed by atoms with Gasteiger partial charge in [-0.3, -0.25) is 19.2 Å². The predicted octanol–water partition coefficient (Wildman–Crippen LogP) is 6.16. The number of halogens is 2. The molecular formula is C27H33BrClN5O. The summed E-state index contributed by atoms with van der Waals surface area (Å²) < 4.78 is 2.98. The molecule has 1 unspecified atom stereocenters. The van der Waals surface area contributed by atoms with Crippen molar-refractivity contribution in [3.05, 3.63) is 74.7 Å². The fourth-order valence-electron chi connectivity index (χ4n) is 4.53. The molecule has 1 atom stereocenters. The number of hydrogen-bond acceptors (Lipinski definition) is 5. The van der Waals surface area contributed by atoms with E-state index in [-0.39, 0.29) is 11.8 Å². The van der Waals surface area contributed by atoms with Crippen LogP contribution in [0.3, 0.4) is 0 Å². The van der Waals surface area contributed by atoms with Crippen LogP contribution in [0.4, 0.5) is 0 Å². The van der Waals surface area contributed by atoms with Crippen molar-refractivity contribution in [2.75, 3.05) is 27.2 Å². The molecule has 1 heterocycles. The number of nitrogens with zero attached hydrogens (tertiary/aromatic N) is 5. The van der Waals surface area contributed by atoms with Gasteiger partial charge in [-0.2, -0.15) is 0 Å². The molecule has 1 aliphatic carbocycles. The van der Waals surface area contributed by atoms with Gasteiger partial charge in [-0.1, -0.05) is 53.5 Å². The fourth-order valence-corrected chi connectivity index (χ4v) is 5.10. The zero-order chi connectivity index (χ0) is 25.1. The van der Waals surface area contributed by atoms with Gasteiger partial charge in [0, 0.05) is 22.1 Å². The Kier molecular flexibility index (Phi) is 8.42. The molecule has 2 aromatic carbocycles. The Labute approximate surface area is 221 Å². The second-order valence-corrected chi connectivity index (χ2v) is 10.8. The minimum atomic E-state index is -0.119. The molecule has 1 aromatic heterocycles. The van der Waals surface area contributed by atoms with E-state index in [1.807, 2.05) is 30.3 Å². The maximum atomic E-state index is 13.7. The molecular weight excluding hydrogens is 526 g/mol. The highest BCUT2D eigenvalue weighted by molar-refractivity contribution is 9.10. The lowest BCUT2D eigenvalue weighted by molar-refractivity contribution is 0.103. The van der Waals surface area contributed by atoms with E-state index in [1.54, 1.807) is 12.1 Å². The van der Waals surface area contributed by atoms with Gasteiger partial charge in [0.2, 0.25) is 0 Å².